The molecular formula is C19H24ClN. The van der Waals surface area contributed by atoms with Gasteiger partial charge in [0.2, 0.25) is 0 Å². The van der Waals surface area contributed by atoms with E-state index < -0.39 is 0 Å². The van der Waals surface area contributed by atoms with Crippen molar-refractivity contribution in [3.63, 3.8) is 0 Å². The number of hydrogen-bond acceptors (Lipinski definition) is 1. The molecule has 21 heavy (non-hydrogen) atoms. The Bertz CT molecular complexity index is 524. The molecule has 1 unspecified atom stereocenters. The van der Waals surface area contributed by atoms with Crippen LogP contribution < -0.4 is 5.32 Å². The van der Waals surface area contributed by atoms with Crippen molar-refractivity contribution in [3.8, 4) is 0 Å². The van der Waals surface area contributed by atoms with Crippen molar-refractivity contribution in [2.45, 2.75) is 38.6 Å². The fourth-order valence-corrected chi connectivity index (χ4v) is 2.75. The van der Waals surface area contributed by atoms with E-state index in [0.29, 0.717) is 6.04 Å². The highest BCUT2D eigenvalue weighted by molar-refractivity contribution is 6.31. The van der Waals surface area contributed by atoms with Crippen LogP contribution in [0.5, 0.6) is 0 Å². The van der Waals surface area contributed by atoms with Crippen LogP contribution in [0.2, 0.25) is 5.02 Å². The van der Waals surface area contributed by atoms with Crippen molar-refractivity contribution in [1.82, 2.24) is 5.32 Å². The molecule has 0 aliphatic heterocycles. The Labute approximate surface area is 133 Å². The van der Waals surface area contributed by atoms with Gasteiger partial charge in [0.1, 0.15) is 0 Å². The predicted molar refractivity (Wildman–Crippen MR) is 92.0 cm³/mol. The zero-order valence-corrected chi connectivity index (χ0v) is 13.4. The summed E-state index contributed by atoms with van der Waals surface area (Å²) in [6.07, 6.45) is 4.39. The summed E-state index contributed by atoms with van der Waals surface area (Å²) in [7, 11) is 0. The van der Waals surface area contributed by atoms with E-state index >= 15 is 0 Å². The first kappa shape index (κ1) is 16.1. The number of hydrogen-bond donors (Lipinski definition) is 1. The molecule has 0 spiro atoms. The highest BCUT2D eigenvalue weighted by Gasteiger charge is 2.11. The lowest BCUT2D eigenvalue weighted by molar-refractivity contribution is 0.477. The van der Waals surface area contributed by atoms with Gasteiger partial charge in [-0.05, 0) is 49.4 Å². The molecule has 112 valence electrons. The minimum Gasteiger partial charge on any atom is -0.314 e. The van der Waals surface area contributed by atoms with Crippen LogP contribution in [-0.2, 0) is 12.8 Å². The molecule has 2 rings (SSSR count). The fraction of sp³-hybridized carbons (Fsp3) is 0.368. The van der Waals surface area contributed by atoms with Crippen LogP contribution in [-0.4, -0.2) is 12.6 Å². The molecule has 2 heteroatoms. The average molecular weight is 302 g/mol. The average Bonchev–Trinajstić information content (AvgIpc) is 2.53. The third-order valence-corrected chi connectivity index (χ3v) is 4.10. The second-order valence-electron chi connectivity index (χ2n) is 5.47. The van der Waals surface area contributed by atoms with E-state index in [1.165, 1.54) is 11.1 Å². The Morgan fingerprint density at radius 3 is 2.43 bits per heavy atom. The molecule has 2 aromatic carbocycles. The molecule has 1 atom stereocenters. The molecule has 0 aromatic heterocycles. The SMILES string of the molecule is CCCNC(CCc1ccccc1)Cc1ccccc1Cl. The van der Waals surface area contributed by atoms with Crippen molar-refractivity contribution in [2.24, 2.45) is 0 Å². The van der Waals surface area contributed by atoms with Gasteiger partial charge < -0.3 is 5.32 Å². The number of benzene rings is 2. The van der Waals surface area contributed by atoms with Gasteiger partial charge in [-0.25, -0.2) is 0 Å². The van der Waals surface area contributed by atoms with Crippen molar-refractivity contribution in [3.05, 3.63) is 70.7 Å². The van der Waals surface area contributed by atoms with Gasteiger partial charge in [-0.3, -0.25) is 0 Å². The first-order valence-electron chi connectivity index (χ1n) is 7.80. The van der Waals surface area contributed by atoms with Gasteiger partial charge in [0.25, 0.3) is 0 Å². The summed E-state index contributed by atoms with van der Waals surface area (Å²) in [5.74, 6) is 0. The van der Waals surface area contributed by atoms with E-state index in [2.05, 4.69) is 54.7 Å². The second kappa shape index (κ2) is 8.86. The molecule has 2 aromatic rings. The molecule has 1 N–H and O–H groups in total. The maximum Gasteiger partial charge on any atom is 0.0438 e. The summed E-state index contributed by atoms with van der Waals surface area (Å²) < 4.78 is 0. The van der Waals surface area contributed by atoms with Gasteiger partial charge in [0.15, 0.2) is 0 Å². The molecule has 0 aliphatic rings. The fourth-order valence-electron chi connectivity index (χ4n) is 2.54. The van der Waals surface area contributed by atoms with Crippen LogP contribution in [0.1, 0.15) is 30.9 Å². The molecule has 0 fully saturated rings. The standard InChI is InChI=1S/C19H24ClN/c1-2-14-21-18(13-12-16-8-4-3-5-9-16)15-17-10-6-7-11-19(17)20/h3-11,18,21H,2,12-15H2,1H3. The van der Waals surface area contributed by atoms with Crippen LogP contribution in [0.15, 0.2) is 54.6 Å². The van der Waals surface area contributed by atoms with Gasteiger partial charge >= 0.3 is 0 Å². The van der Waals surface area contributed by atoms with Crippen molar-refractivity contribution in [1.29, 1.82) is 0 Å². The van der Waals surface area contributed by atoms with Crippen molar-refractivity contribution < 1.29 is 0 Å². The number of halogens is 1. The van der Waals surface area contributed by atoms with Crippen LogP contribution in [0.25, 0.3) is 0 Å². The van der Waals surface area contributed by atoms with E-state index in [1.807, 2.05) is 12.1 Å². The van der Waals surface area contributed by atoms with Crippen LogP contribution in [0.4, 0.5) is 0 Å². The summed E-state index contributed by atoms with van der Waals surface area (Å²) >= 11 is 6.29. The predicted octanol–water partition coefficient (Wildman–Crippen LogP) is 4.88. The summed E-state index contributed by atoms with van der Waals surface area (Å²) in [5, 5.41) is 4.53. The molecule has 0 saturated carbocycles. The van der Waals surface area contributed by atoms with Gasteiger partial charge in [0, 0.05) is 11.1 Å². The van der Waals surface area contributed by atoms with E-state index in [1.54, 1.807) is 0 Å². The van der Waals surface area contributed by atoms with Gasteiger partial charge in [-0.2, -0.15) is 0 Å². The van der Waals surface area contributed by atoms with E-state index in [-0.39, 0.29) is 0 Å². The minimum atomic E-state index is 0.477. The molecule has 0 bridgehead atoms. The largest absolute Gasteiger partial charge is 0.314 e. The van der Waals surface area contributed by atoms with Crippen LogP contribution in [0.3, 0.4) is 0 Å². The van der Waals surface area contributed by atoms with Crippen molar-refractivity contribution in [2.75, 3.05) is 6.54 Å². The van der Waals surface area contributed by atoms with Gasteiger partial charge in [0.05, 0.1) is 0 Å². The molecule has 0 aliphatic carbocycles. The maximum absolute atomic E-state index is 6.29. The molecule has 0 saturated heterocycles. The Morgan fingerprint density at radius 2 is 1.71 bits per heavy atom. The Kier molecular flexibility index (Phi) is 6.78. The highest BCUT2D eigenvalue weighted by Crippen LogP contribution is 2.18. The maximum atomic E-state index is 6.29. The number of aryl methyl sites for hydroxylation is 1. The minimum absolute atomic E-state index is 0.477. The third kappa shape index (κ3) is 5.53. The third-order valence-electron chi connectivity index (χ3n) is 3.73. The highest BCUT2D eigenvalue weighted by atomic mass is 35.5. The Morgan fingerprint density at radius 1 is 1.00 bits per heavy atom. The van der Waals surface area contributed by atoms with Crippen LogP contribution in [0, 0.1) is 0 Å². The summed E-state index contributed by atoms with van der Waals surface area (Å²) in [6, 6.07) is 19.3. The topological polar surface area (TPSA) is 12.0 Å². The van der Waals surface area contributed by atoms with E-state index in [0.717, 1.165) is 37.3 Å². The first-order chi connectivity index (χ1) is 10.3. The lowest BCUT2D eigenvalue weighted by Crippen LogP contribution is -2.32. The summed E-state index contributed by atoms with van der Waals surface area (Å²) in [5.41, 5.74) is 2.64. The van der Waals surface area contributed by atoms with E-state index in [9.17, 15) is 0 Å². The second-order valence-corrected chi connectivity index (χ2v) is 5.88. The lowest BCUT2D eigenvalue weighted by atomic mass is 9.99. The van der Waals surface area contributed by atoms with Crippen molar-refractivity contribution >= 4 is 11.6 Å². The summed E-state index contributed by atoms with van der Waals surface area (Å²) in [4.78, 5) is 0. The van der Waals surface area contributed by atoms with E-state index in [4.69, 9.17) is 11.6 Å². The zero-order chi connectivity index (χ0) is 14.9. The smallest absolute Gasteiger partial charge is 0.0438 e. The Balaban J connectivity index is 1.96. The Hall–Kier alpha value is -1.31. The van der Waals surface area contributed by atoms with Crippen LogP contribution >= 0.6 is 11.6 Å². The molecular weight excluding hydrogens is 278 g/mol. The monoisotopic (exact) mass is 301 g/mol. The van der Waals surface area contributed by atoms with Gasteiger partial charge in [-0.1, -0.05) is 67.1 Å². The molecule has 0 heterocycles. The summed E-state index contributed by atoms with van der Waals surface area (Å²) in [6.45, 7) is 3.26. The quantitative estimate of drug-likeness (QED) is 0.732. The number of nitrogens with one attached hydrogen (secondary N) is 1. The zero-order valence-electron chi connectivity index (χ0n) is 12.7. The normalized spacial score (nSPS) is 12.3. The lowest BCUT2D eigenvalue weighted by Gasteiger charge is -2.19. The molecule has 0 radical (unpaired) electrons. The first-order valence-corrected chi connectivity index (χ1v) is 8.18. The molecule has 1 nitrogen and oxygen atoms in total. The number of rotatable bonds is 8. The van der Waals surface area contributed by atoms with Gasteiger partial charge in [-0.15, -0.1) is 0 Å². The molecule has 0 amide bonds.